The van der Waals surface area contributed by atoms with Crippen LogP contribution in [0, 0.1) is 11.3 Å². The van der Waals surface area contributed by atoms with Gasteiger partial charge >= 0.3 is 0 Å². The van der Waals surface area contributed by atoms with Gasteiger partial charge in [-0.2, -0.15) is 0 Å². The maximum atomic E-state index is 11.7. The van der Waals surface area contributed by atoms with Crippen molar-refractivity contribution in [1.82, 2.24) is 0 Å². The van der Waals surface area contributed by atoms with E-state index in [0.29, 0.717) is 11.7 Å². The van der Waals surface area contributed by atoms with Crippen molar-refractivity contribution in [3.63, 3.8) is 0 Å². The van der Waals surface area contributed by atoms with Crippen LogP contribution in [0.3, 0.4) is 0 Å². The number of aryl methyl sites for hydroxylation is 1. The fourth-order valence-corrected chi connectivity index (χ4v) is 2.71. The number of ketones is 1. The van der Waals surface area contributed by atoms with Gasteiger partial charge in [-0.05, 0) is 30.7 Å². The van der Waals surface area contributed by atoms with Crippen LogP contribution in [-0.2, 0) is 11.2 Å². The molecule has 0 spiro atoms. The van der Waals surface area contributed by atoms with Gasteiger partial charge < -0.3 is 0 Å². The lowest BCUT2D eigenvalue weighted by Gasteiger charge is -2.25. The van der Waals surface area contributed by atoms with E-state index in [0.717, 1.165) is 25.7 Å². The Morgan fingerprint density at radius 3 is 2.50 bits per heavy atom. The van der Waals surface area contributed by atoms with Crippen LogP contribution in [0.15, 0.2) is 30.3 Å². The molecule has 0 radical (unpaired) electrons. The Bertz CT molecular complexity index is 364. The van der Waals surface area contributed by atoms with Crippen molar-refractivity contribution in [1.29, 1.82) is 0 Å². The fraction of sp³-hybridized carbons (Fsp3) is 0.533. The average molecular weight is 216 g/mol. The van der Waals surface area contributed by atoms with Crippen molar-refractivity contribution in [2.75, 3.05) is 0 Å². The summed E-state index contributed by atoms with van der Waals surface area (Å²) >= 11 is 0. The number of carbonyl (C=O) groups is 1. The highest BCUT2D eigenvalue weighted by atomic mass is 16.1. The molecule has 86 valence electrons. The van der Waals surface area contributed by atoms with Gasteiger partial charge in [0, 0.05) is 11.8 Å². The molecule has 1 nitrogen and oxygen atoms in total. The van der Waals surface area contributed by atoms with Gasteiger partial charge in [-0.1, -0.05) is 44.2 Å². The molecule has 16 heavy (non-hydrogen) atoms. The Balaban J connectivity index is 1.94. The van der Waals surface area contributed by atoms with E-state index in [-0.39, 0.29) is 5.41 Å². The molecule has 1 saturated carbocycles. The number of benzene rings is 1. The molecule has 0 aliphatic heterocycles. The minimum absolute atomic E-state index is 0.0885. The zero-order valence-corrected chi connectivity index (χ0v) is 10.2. The quantitative estimate of drug-likeness (QED) is 0.754. The highest BCUT2D eigenvalue weighted by Crippen LogP contribution is 2.42. The molecule has 1 unspecified atom stereocenters. The molecule has 1 heteroatoms. The monoisotopic (exact) mass is 216 g/mol. The van der Waals surface area contributed by atoms with E-state index in [4.69, 9.17) is 0 Å². The first-order valence-electron chi connectivity index (χ1n) is 6.18. The van der Waals surface area contributed by atoms with E-state index in [1.54, 1.807) is 0 Å². The lowest BCUT2D eigenvalue weighted by atomic mass is 9.78. The molecule has 2 rings (SSSR count). The van der Waals surface area contributed by atoms with Gasteiger partial charge in [-0.15, -0.1) is 0 Å². The van der Waals surface area contributed by atoms with Crippen LogP contribution in [0.25, 0.3) is 0 Å². The third kappa shape index (κ3) is 2.18. The van der Waals surface area contributed by atoms with Crippen LogP contribution >= 0.6 is 0 Å². The van der Waals surface area contributed by atoms with Crippen LogP contribution in [0.5, 0.6) is 0 Å². The lowest BCUT2D eigenvalue weighted by molar-refractivity contribution is -0.125. The van der Waals surface area contributed by atoms with Gasteiger partial charge in [-0.25, -0.2) is 0 Å². The van der Waals surface area contributed by atoms with Gasteiger partial charge in [-0.3, -0.25) is 4.79 Å². The maximum absolute atomic E-state index is 11.7. The Morgan fingerprint density at radius 1 is 1.25 bits per heavy atom. The summed E-state index contributed by atoms with van der Waals surface area (Å²) < 4.78 is 0. The predicted molar refractivity (Wildman–Crippen MR) is 66.3 cm³/mol. The first-order chi connectivity index (χ1) is 7.60. The highest BCUT2D eigenvalue weighted by molar-refractivity contribution is 5.86. The van der Waals surface area contributed by atoms with Gasteiger partial charge in [0.25, 0.3) is 0 Å². The van der Waals surface area contributed by atoms with E-state index in [9.17, 15) is 4.79 Å². The lowest BCUT2D eigenvalue weighted by Crippen LogP contribution is -2.25. The largest absolute Gasteiger partial charge is 0.299 e. The maximum Gasteiger partial charge on any atom is 0.138 e. The smallest absolute Gasteiger partial charge is 0.138 e. The molecular formula is C15H20O. The molecular weight excluding hydrogens is 196 g/mol. The number of hydrogen-bond acceptors (Lipinski definition) is 1. The van der Waals surface area contributed by atoms with Crippen LogP contribution in [0.2, 0.25) is 0 Å². The third-order valence-electron chi connectivity index (χ3n) is 4.08. The molecule has 0 heterocycles. The topological polar surface area (TPSA) is 17.1 Å². The second kappa shape index (κ2) is 4.40. The van der Waals surface area contributed by atoms with Crippen molar-refractivity contribution < 1.29 is 4.79 Å². The summed E-state index contributed by atoms with van der Waals surface area (Å²) in [6, 6.07) is 10.6. The molecule has 1 aromatic carbocycles. The summed E-state index contributed by atoms with van der Waals surface area (Å²) in [5, 5.41) is 0. The van der Waals surface area contributed by atoms with Crippen LogP contribution in [-0.4, -0.2) is 5.78 Å². The van der Waals surface area contributed by atoms with Crippen molar-refractivity contribution >= 4 is 5.78 Å². The van der Waals surface area contributed by atoms with E-state index >= 15 is 0 Å². The highest BCUT2D eigenvalue weighted by Gasteiger charge is 2.41. The zero-order chi connectivity index (χ0) is 11.6. The van der Waals surface area contributed by atoms with Gasteiger partial charge in [0.2, 0.25) is 0 Å². The number of hydrogen-bond donors (Lipinski definition) is 0. The Morgan fingerprint density at radius 2 is 1.94 bits per heavy atom. The molecule has 0 saturated heterocycles. The summed E-state index contributed by atoms with van der Waals surface area (Å²) in [5.74, 6) is 1.02. The second-order valence-electron chi connectivity index (χ2n) is 5.40. The Labute approximate surface area is 97.9 Å². The summed E-state index contributed by atoms with van der Waals surface area (Å²) in [4.78, 5) is 11.7. The molecule has 0 amide bonds. The minimum Gasteiger partial charge on any atom is -0.299 e. The molecule has 1 atom stereocenters. The molecule has 1 fully saturated rings. The van der Waals surface area contributed by atoms with Crippen LogP contribution in [0.4, 0.5) is 0 Å². The molecule has 1 aliphatic rings. The van der Waals surface area contributed by atoms with Gasteiger partial charge in [0.05, 0.1) is 0 Å². The molecule has 0 bridgehead atoms. The zero-order valence-electron chi connectivity index (χ0n) is 10.2. The standard InChI is InChI=1S/C15H20O/c1-15(2)13(10-11-14(15)16)9-8-12-6-4-3-5-7-12/h3-7,13H,8-11H2,1-2H3. The van der Waals surface area contributed by atoms with Crippen molar-refractivity contribution in [2.45, 2.75) is 39.5 Å². The first kappa shape index (κ1) is 11.4. The summed E-state index contributed by atoms with van der Waals surface area (Å²) in [5.41, 5.74) is 1.30. The number of Topliss-reactive ketones (excluding diaryl/α,β-unsaturated/α-hetero) is 1. The van der Waals surface area contributed by atoms with Gasteiger partial charge in [0.15, 0.2) is 0 Å². The van der Waals surface area contributed by atoms with E-state index in [2.05, 4.69) is 38.1 Å². The summed E-state index contributed by atoms with van der Waals surface area (Å²) in [6.45, 7) is 4.22. The molecule has 1 aliphatic carbocycles. The number of rotatable bonds is 3. The van der Waals surface area contributed by atoms with Gasteiger partial charge in [0.1, 0.15) is 5.78 Å². The van der Waals surface area contributed by atoms with Crippen molar-refractivity contribution in [3.8, 4) is 0 Å². The van der Waals surface area contributed by atoms with Crippen LogP contribution < -0.4 is 0 Å². The normalized spacial score (nSPS) is 23.6. The second-order valence-corrected chi connectivity index (χ2v) is 5.40. The average Bonchev–Trinajstić information content (AvgIpc) is 2.53. The van der Waals surface area contributed by atoms with Crippen molar-refractivity contribution in [2.24, 2.45) is 11.3 Å². The SMILES string of the molecule is CC1(C)C(=O)CCC1CCc1ccccc1. The molecule has 1 aromatic rings. The Hall–Kier alpha value is -1.11. The molecule has 0 aromatic heterocycles. The predicted octanol–water partition coefficient (Wildman–Crippen LogP) is 3.62. The Kier molecular flexibility index (Phi) is 3.13. The summed E-state index contributed by atoms with van der Waals surface area (Å²) in [7, 11) is 0. The van der Waals surface area contributed by atoms with Crippen molar-refractivity contribution in [3.05, 3.63) is 35.9 Å². The minimum atomic E-state index is -0.0885. The molecule has 0 N–H and O–H groups in total. The third-order valence-corrected chi connectivity index (χ3v) is 4.08. The first-order valence-corrected chi connectivity index (χ1v) is 6.18. The number of carbonyl (C=O) groups excluding carboxylic acids is 1. The van der Waals surface area contributed by atoms with E-state index in [1.165, 1.54) is 5.56 Å². The van der Waals surface area contributed by atoms with E-state index < -0.39 is 0 Å². The van der Waals surface area contributed by atoms with E-state index in [1.807, 2.05) is 6.07 Å². The summed E-state index contributed by atoms with van der Waals surface area (Å²) in [6.07, 6.45) is 4.11. The fourth-order valence-electron chi connectivity index (χ4n) is 2.71. The van der Waals surface area contributed by atoms with Crippen LogP contribution in [0.1, 0.15) is 38.7 Å².